The standard InChI is InChI=1S/C9H21N3O/c1-4-12(5-2)8(3)6-7-9(13)11-10/h8H,4-7,10H2,1-3H3,(H,11,13). The number of nitrogens with zero attached hydrogens (tertiary/aromatic N) is 1. The molecule has 1 unspecified atom stereocenters. The van der Waals surface area contributed by atoms with Crippen LogP contribution in [0.25, 0.3) is 0 Å². The predicted octanol–water partition coefficient (Wildman–Crippen LogP) is 0.487. The van der Waals surface area contributed by atoms with Gasteiger partial charge in [-0.05, 0) is 26.4 Å². The van der Waals surface area contributed by atoms with E-state index in [1.807, 2.05) is 0 Å². The Kier molecular flexibility index (Phi) is 6.54. The van der Waals surface area contributed by atoms with Gasteiger partial charge in [-0.15, -0.1) is 0 Å². The summed E-state index contributed by atoms with van der Waals surface area (Å²) in [7, 11) is 0. The van der Waals surface area contributed by atoms with E-state index in [1.165, 1.54) is 0 Å². The molecule has 0 fully saturated rings. The molecule has 0 aromatic rings. The zero-order valence-electron chi connectivity index (χ0n) is 8.84. The number of carbonyl (C=O) groups is 1. The smallest absolute Gasteiger partial charge is 0.233 e. The highest BCUT2D eigenvalue weighted by Gasteiger charge is 2.10. The Hall–Kier alpha value is -0.610. The lowest BCUT2D eigenvalue weighted by Crippen LogP contribution is -2.35. The Morgan fingerprint density at radius 1 is 1.46 bits per heavy atom. The van der Waals surface area contributed by atoms with Gasteiger partial charge in [-0.25, -0.2) is 5.84 Å². The molecule has 0 aliphatic heterocycles. The second-order valence-corrected chi connectivity index (χ2v) is 3.18. The highest BCUT2D eigenvalue weighted by molar-refractivity contribution is 5.75. The van der Waals surface area contributed by atoms with Crippen LogP contribution in [-0.2, 0) is 4.79 Å². The second-order valence-electron chi connectivity index (χ2n) is 3.18. The number of carbonyl (C=O) groups excluding carboxylic acids is 1. The molecule has 0 saturated carbocycles. The molecule has 0 aromatic carbocycles. The number of hydrazine groups is 1. The fourth-order valence-electron chi connectivity index (χ4n) is 1.44. The fourth-order valence-corrected chi connectivity index (χ4v) is 1.44. The lowest BCUT2D eigenvalue weighted by atomic mass is 10.1. The van der Waals surface area contributed by atoms with Crippen molar-refractivity contribution in [2.45, 2.75) is 39.7 Å². The number of nitrogens with one attached hydrogen (secondary N) is 1. The molecular weight excluding hydrogens is 166 g/mol. The number of hydrogen-bond donors (Lipinski definition) is 2. The van der Waals surface area contributed by atoms with Crippen LogP contribution in [0, 0.1) is 0 Å². The molecule has 4 heteroatoms. The molecule has 0 aromatic heterocycles. The molecule has 0 spiro atoms. The summed E-state index contributed by atoms with van der Waals surface area (Å²) in [6.07, 6.45) is 1.37. The van der Waals surface area contributed by atoms with Gasteiger partial charge < -0.3 is 4.90 Å². The molecule has 78 valence electrons. The summed E-state index contributed by atoms with van der Waals surface area (Å²) in [6.45, 7) is 8.45. The maximum atomic E-state index is 10.9. The summed E-state index contributed by atoms with van der Waals surface area (Å²) in [6, 6.07) is 0.451. The van der Waals surface area contributed by atoms with Crippen LogP contribution in [-0.4, -0.2) is 29.9 Å². The van der Waals surface area contributed by atoms with Gasteiger partial charge in [0.25, 0.3) is 0 Å². The summed E-state index contributed by atoms with van der Waals surface area (Å²) in [5, 5.41) is 0. The number of nitrogens with two attached hydrogens (primary N) is 1. The van der Waals surface area contributed by atoms with Gasteiger partial charge in [0.05, 0.1) is 0 Å². The molecule has 0 bridgehead atoms. The molecule has 0 heterocycles. The Morgan fingerprint density at radius 2 is 2.00 bits per heavy atom. The number of rotatable bonds is 6. The predicted molar refractivity (Wildman–Crippen MR) is 53.9 cm³/mol. The van der Waals surface area contributed by atoms with Gasteiger partial charge >= 0.3 is 0 Å². The minimum absolute atomic E-state index is 0.0843. The van der Waals surface area contributed by atoms with Gasteiger partial charge in [-0.1, -0.05) is 13.8 Å². The SMILES string of the molecule is CCN(CC)C(C)CCC(=O)NN. The van der Waals surface area contributed by atoms with Crippen molar-refractivity contribution in [3.8, 4) is 0 Å². The lowest BCUT2D eigenvalue weighted by Gasteiger charge is -2.25. The van der Waals surface area contributed by atoms with Gasteiger partial charge in [0.1, 0.15) is 0 Å². The maximum Gasteiger partial charge on any atom is 0.233 e. The van der Waals surface area contributed by atoms with Crippen molar-refractivity contribution in [2.24, 2.45) is 5.84 Å². The van der Waals surface area contributed by atoms with Gasteiger partial charge in [0.15, 0.2) is 0 Å². The molecule has 0 rings (SSSR count). The van der Waals surface area contributed by atoms with Crippen molar-refractivity contribution in [1.29, 1.82) is 0 Å². The zero-order chi connectivity index (χ0) is 10.3. The summed E-state index contributed by atoms with van der Waals surface area (Å²) in [5.41, 5.74) is 2.14. The Morgan fingerprint density at radius 3 is 2.38 bits per heavy atom. The largest absolute Gasteiger partial charge is 0.301 e. The Labute approximate surface area is 80.4 Å². The third-order valence-electron chi connectivity index (χ3n) is 2.39. The average Bonchev–Trinajstić information content (AvgIpc) is 2.16. The van der Waals surface area contributed by atoms with Crippen molar-refractivity contribution in [3.63, 3.8) is 0 Å². The quantitative estimate of drug-likeness (QED) is 0.361. The molecule has 4 nitrogen and oxygen atoms in total. The molecular formula is C9H21N3O. The molecule has 13 heavy (non-hydrogen) atoms. The molecule has 0 radical (unpaired) electrons. The van der Waals surface area contributed by atoms with Crippen LogP contribution in [0.4, 0.5) is 0 Å². The van der Waals surface area contributed by atoms with Crippen molar-refractivity contribution in [3.05, 3.63) is 0 Å². The molecule has 1 atom stereocenters. The zero-order valence-corrected chi connectivity index (χ0v) is 8.84. The van der Waals surface area contributed by atoms with Crippen molar-refractivity contribution < 1.29 is 4.79 Å². The summed E-state index contributed by atoms with van der Waals surface area (Å²) >= 11 is 0. The summed E-state index contributed by atoms with van der Waals surface area (Å²) < 4.78 is 0. The first-order chi connectivity index (χ1) is 6.15. The Balaban J connectivity index is 3.71. The van der Waals surface area contributed by atoms with E-state index in [1.54, 1.807) is 0 Å². The van der Waals surface area contributed by atoms with E-state index in [9.17, 15) is 4.79 Å². The van der Waals surface area contributed by atoms with Crippen molar-refractivity contribution in [1.82, 2.24) is 10.3 Å². The second kappa shape index (κ2) is 6.86. The van der Waals surface area contributed by atoms with Crippen LogP contribution >= 0.6 is 0 Å². The third kappa shape index (κ3) is 4.85. The van der Waals surface area contributed by atoms with E-state index in [4.69, 9.17) is 5.84 Å². The highest BCUT2D eigenvalue weighted by Crippen LogP contribution is 2.05. The molecule has 0 aliphatic carbocycles. The van der Waals surface area contributed by atoms with Crippen LogP contribution in [0.15, 0.2) is 0 Å². The van der Waals surface area contributed by atoms with Crippen LogP contribution in [0.5, 0.6) is 0 Å². The number of amides is 1. The minimum Gasteiger partial charge on any atom is -0.301 e. The topological polar surface area (TPSA) is 58.4 Å². The first-order valence-corrected chi connectivity index (χ1v) is 4.89. The fraction of sp³-hybridized carbons (Fsp3) is 0.889. The van der Waals surface area contributed by atoms with E-state index in [0.717, 1.165) is 19.5 Å². The van der Waals surface area contributed by atoms with Crippen LogP contribution < -0.4 is 11.3 Å². The Bertz CT molecular complexity index is 146. The van der Waals surface area contributed by atoms with E-state index in [2.05, 4.69) is 31.1 Å². The molecule has 0 aliphatic rings. The third-order valence-corrected chi connectivity index (χ3v) is 2.39. The van der Waals surface area contributed by atoms with Crippen LogP contribution in [0.2, 0.25) is 0 Å². The van der Waals surface area contributed by atoms with E-state index in [0.29, 0.717) is 12.5 Å². The van der Waals surface area contributed by atoms with Crippen molar-refractivity contribution >= 4 is 5.91 Å². The molecule has 0 saturated heterocycles. The van der Waals surface area contributed by atoms with Gasteiger partial charge in [-0.3, -0.25) is 10.2 Å². The monoisotopic (exact) mass is 187 g/mol. The minimum atomic E-state index is -0.0843. The average molecular weight is 187 g/mol. The van der Waals surface area contributed by atoms with Gasteiger partial charge in [-0.2, -0.15) is 0 Å². The van der Waals surface area contributed by atoms with E-state index >= 15 is 0 Å². The summed E-state index contributed by atoms with van der Waals surface area (Å²) in [4.78, 5) is 13.2. The maximum absolute atomic E-state index is 10.9. The molecule has 1 amide bonds. The first-order valence-electron chi connectivity index (χ1n) is 4.89. The first kappa shape index (κ1) is 12.4. The number of hydrogen-bond acceptors (Lipinski definition) is 3. The van der Waals surface area contributed by atoms with E-state index in [-0.39, 0.29) is 5.91 Å². The normalized spacial score (nSPS) is 13.0. The van der Waals surface area contributed by atoms with Crippen molar-refractivity contribution in [2.75, 3.05) is 13.1 Å². The van der Waals surface area contributed by atoms with E-state index < -0.39 is 0 Å². The van der Waals surface area contributed by atoms with Crippen LogP contribution in [0.3, 0.4) is 0 Å². The van der Waals surface area contributed by atoms with Crippen LogP contribution in [0.1, 0.15) is 33.6 Å². The lowest BCUT2D eigenvalue weighted by molar-refractivity contribution is -0.121. The highest BCUT2D eigenvalue weighted by atomic mass is 16.2. The van der Waals surface area contributed by atoms with Gasteiger partial charge in [0.2, 0.25) is 5.91 Å². The molecule has 3 N–H and O–H groups in total. The summed E-state index contributed by atoms with van der Waals surface area (Å²) in [5.74, 6) is 4.90. The van der Waals surface area contributed by atoms with Gasteiger partial charge in [0, 0.05) is 12.5 Å².